The smallest absolute Gasteiger partial charge is 0.260 e. The molecule has 3 aromatic carbocycles. The van der Waals surface area contributed by atoms with E-state index >= 15 is 0 Å². The molecular formula is C23H23FN2O2S. The van der Waals surface area contributed by atoms with Gasteiger partial charge in [-0.2, -0.15) is 0 Å². The summed E-state index contributed by atoms with van der Waals surface area (Å²) >= 11 is 0. The third kappa shape index (κ3) is 3.78. The van der Waals surface area contributed by atoms with E-state index in [4.69, 9.17) is 0 Å². The van der Waals surface area contributed by atoms with Crippen LogP contribution < -0.4 is 5.43 Å². The molecule has 1 N–H and O–H groups in total. The number of unbranched alkanes of at least 4 members (excludes halogenated alkanes) is 1. The monoisotopic (exact) mass is 410 g/mol. The maximum atomic E-state index is 14.4. The Morgan fingerprint density at radius 3 is 2.48 bits per heavy atom. The maximum absolute atomic E-state index is 14.4. The molecule has 1 aliphatic rings. The Bertz CT molecular complexity index is 1190. The molecule has 0 saturated heterocycles. The summed E-state index contributed by atoms with van der Waals surface area (Å²) in [4.78, 5) is 0.216. The van der Waals surface area contributed by atoms with Crippen LogP contribution >= 0.6 is 0 Å². The average molecular weight is 411 g/mol. The van der Waals surface area contributed by atoms with Crippen LogP contribution in [-0.2, 0) is 10.0 Å². The van der Waals surface area contributed by atoms with E-state index in [2.05, 4.69) is 12.3 Å². The van der Waals surface area contributed by atoms with Gasteiger partial charge >= 0.3 is 0 Å². The second-order valence-corrected chi connectivity index (χ2v) is 9.04. The maximum Gasteiger partial charge on any atom is 0.260 e. The van der Waals surface area contributed by atoms with E-state index < -0.39 is 10.0 Å². The highest BCUT2D eigenvalue weighted by Crippen LogP contribution is 2.32. The van der Waals surface area contributed by atoms with Gasteiger partial charge in [0.2, 0.25) is 0 Å². The molecule has 150 valence electrons. The largest absolute Gasteiger partial charge is 0.309 e. The topological polar surface area (TPSA) is 49.4 Å². The SMILES string of the molecule is CCCCC1=C(c2ccccc2F)CN(S(=O)(=O)c2ccc3ccccc3c2)N1. The van der Waals surface area contributed by atoms with E-state index in [0.717, 1.165) is 29.3 Å². The van der Waals surface area contributed by atoms with E-state index in [0.29, 0.717) is 17.6 Å². The van der Waals surface area contributed by atoms with Crippen molar-refractivity contribution in [1.29, 1.82) is 0 Å². The van der Waals surface area contributed by atoms with Crippen LogP contribution in [0.5, 0.6) is 0 Å². The first-order valence-electron chi connectivity index (χ1n) is 9.76. The number of benzene rings is 3. The molecule has 0 spiro atoms. The minimum absolute atomic E-state index is 0.0924. The van der Waals surface area contributed by atoms with Gasteiger partial charge in [-0.3, -0.25) is 0 Å². The van der Waals surface area contributed by atoms with E-state index in [-0.39, 0.29) is 17.3 Å². The number of allylic oxidation sites excluding steroid dienone is 1. The van der Waals surface area contributed by atoms with Gasteiger partial charge in [0.05, 0.1) is 11.4 Å². The summed E-state index contributed by atoms with van der Waals surface area (Å²) in [6.07, 6.45) is 2.53. The second kappa shape index (κ2) is 7.97. The van der Waals surface area contributed by atoms with Gasteiger partial charge in [0, 0.05) is 11.3 Å². The predicted octanol–water partition coefficient (Wildman–Crippen LogP) is 5.09. The van der Waals surface area contributed by atoms with Gasteiger partial charge in [0.1, 0.15) is 5.82 Å². The number of sulfonamides is 1. The molecule has 0 aliphatic carbocycles. The first-order chi connectivity index (χ1) is 14.0. The molecule has 0 fully saturated rings. The number of hydrogen-bond acceptors (Lipinski definition) is 3. The van der Waals surface area contributed by atoms with Gasteiger partial charge in [-0.05, 0) is 47.4 Å². The molecule has 29 heavy (non-hydrogen) atoms. The standard InChI is InChI=1S/C23H23FN2O2S/c1-2-3-12-23-21(20-10-6-7-11-22(20)24)16-26(25-23)29(27,28)19-14-13-17-8-4-5-9-18(17)15-19/h4-11,13-15,25H,2-3,12,16H2,1H3. The van der Waals surface area contributed by atoms with Gasteiger partial charge in [0.15, 0.2) is 0 Å². The molecule has 4 nitrogen and oxygen atoms in total. The highest BCUT2D eigenvalue weighted by molar-refractivity contribution is 7.89. The minimum Gasteiger partial charge on any atom is -0.309 e. The van der Waals surface area contributed by atoms with Crippen molar-refractivity contribution in [2.75, 3.05) is 6.54 Å². The summed E-state index contributed by atoms with van der Waals surface area (Å²) in [5.41, 5.74) is 4.95. The predicted molar refractivity (Wildman–Crippen MR) is 114 cm³/mol. The molecular weight excluding hydrogens is 387 g/mol. The van der Waals surface area contributed by atoms with E-state index in [1.54, 1.807) is 30.3 Å². The number of hydrazine groups is 1. The molecule has 0 amide bonds. The Kier molecular flexibility index (Phi) is 5.39. The molecule has 0 aromatic heterocycles. The summed E-state index contributed by atoms with van der Waals surface area (Å²) in [5, 5.41) is 1.84. The molecule has 3 aromatic rings. The number of halogens is 1. The molecule has 1 heterocycles. The lowest BCUT2D eigenvalue weighted by molar-refractivity contribution is 0.399. The zero-order valence-electron chi connectivity index (χ0n) is 16.2. The second-order valence-electron chi connectivity index (χ2n) is 7.17. The zero-order chi connectivity index (χ0) is 20.4. The Morgan fingerprint density at radius 1 is 1.00 bits per heavy atom. The van der Waals surface area contributed by atoms with E-state index in [9.17, 15) is 12.8 Å². The lowest BCUT2D eigenvalue weighted by Crippen LogP contribution is -2.38. The van der Waals surface area contributed by atoms with Crippen LogP contribution in [0.3, 0.4) is 0 Å². The van der Waals surface area contributed by atoms with Crippen LogP contribution in [0.2, 0.25) is 0 Å². The molecule has 0 saturated carbocycles. The molecule has 1 aliphatic heterocycles. The number of nitrogens with zero attached hydrogens (tertiary/aromatic N) is 1. The number of rotatable bonds is 6. The molecule has 0 atom stereocenters. The van der Waals surface area contributed by atoms with Gasteiger partial charge in [-0.25, -0.2) is 12.8 Å². The molecule has 0 bridgehead atoms. The lowest BCUT2D eigenvalue weighted by atomic mass is 10.0. The van der Waals surface area contributed by atoms with Crippen LogP contribution in [0.25, 0.3) is 16.3 Å². The lowest BCUT2D eigenvalue weighted by Gasteiger charge is -2.18. The number of hydrogen-bond donors (Lipinski definition) is 1. The zero-order valence-corrected chi connectivity index (χ0v) is 17.0. The van der Waals surface area contributed by atoms with Crippen molar-refractivity contribution in [3.8, 4) is 0 Å². The van der Waals surface area contributed by atoms with Gasteiger partial charge in [0.25, 0.3) is 10.0 Å². The molecule has 0 unspecified atom stereocenters. The Balaban J connectivity index is 1.69. The van der Waals surface area contributed by atoms with Crippen LogP contribution in [-0.4, -0.2) is 19.4 Å². The van der Waals surface area contributed by atoms with Crippen LogP contribution in [0, 0.1) is 5.82 Å². The van der Waals surface area contributed by atoms with Crippen molar-refractivity contribution in [2.45, 2.75) is 31.1 Å². The average Bonchev–Trinajstić information content (AvgIpc) is 3.17. The van der Waals surface area contributed by atoms with Gasteiger partial charge < -0.3 is 5.43 Å². The summed E-state index contributed by atoms with van der Waals surface area (Å²) < 4.78 is 42.3. The van der Waals surface area contributed by atoms with Crippen molar-refractivity contribution in [2.24, 2.45) is 0 Å². The normalized spacial score (nSPS) is 15.1. The van der Waals surface area contributed by atoms with Crippen molar-refractivity contribution in [1.82, 2.24) is 9.84 Å². The fraction of sp³-hybridized carbons (Fsp3) is 0.217. The van der Waals surface area contributed by atoms with E-state index in [1.165, 1.54) is 10.5 Å². The third-order valence-electron chi connectivity index (χ3n) is 5.21. The summed E-state index contributed by atoms with van der Waals surface area (Å²) in [6.45, 7) is 2.16. The van der Waals surface area contributed by atoms with Crippen LogP contribution in [0.1, 0.15) is 31.7 Å². The Morgan fingerprint density at radius 2 is 1.72 bits per heavy atom. The van der Waals surface area contributed by atoms with Crippen LogP contribution in [0.15, 0.2) is 77.3 Å². The highest BCUT2D eigenvalue weighted by Gasteiger charge is 2.33. The van der Waals surface area contributed by atoms with Crippen molar-refractivity contribution in [3.63, 3.8) is 0 Å². The Labute approximate surface area is 170 Å². The fourth-order valence-corrected chi connectivity index (χ4v) is 4.91. The third-order valence-corrected chi connectivity index (χ3v) is 6.86. The van der Waals surface area contributed by atoms with Gasteiger partial charge in [-0.1, -0.05) is 61.9 Å². The van der Waals surface area contributed by atoms with E-state index in [1.807, 2.05) is 30.3 Å². The fourth-order valence-electron chi connectivity index (χ4n) is 3.61. The van der Waals surface area contributed by atoms with Crippen molar-refractivity contribution in [3.05, 3.63) is 83.8 Å². The molecule has 4 rings (SSSR count). The first kappa shape index (κ1) is 19.6. The summed E-state index contributed by atoms with van der Waals surface area (Å²) in [5.74, 6) is -0.344. The van der Waals surface area contributed by atoms with Gasteiger partial charge in [-0.15, -0.1) is 4.41 Å². The number of fused-ring (bicyclic) bond motifs is 1. The number of nitrogens with one attached hydrogen (secondary N) is 1. The summed E-state index contributed by atoms with van der Waals surface area (Å²) in [7, 11) is -3.78. The summed E-state index contributed by atoms with van der Waals surface area (Å²) in [6, 6.07) is 19.2. The minimum atomic E-state index is -3.78. The first-order valence-corrected chi connectivity index (χ1v) is 11.2. The Hall–Kier alpha value is -2.70. The van der Waals surface area contributed by atoms with Crippen LogP contribution in [0.4, 0.5) is 4.39 Å². The quantitative estimate of drug-likeness (QED) is 0.616. The molecule has 0 radical (unpaired) electrons. The van der Waals surface area contributed by atoms with Crippen molar-refractivity contribution >= 4 is 26.4 Å². The molecule has 6 heteroatoms. The van der Waals surface area contributed by atoms with Crippen molar-refractivity contribution < 1.29 is 12.8 Å². The highest BCUT2D eigenvalue weighted by atomic mass is 32.2.